The third kappa shape index (κ3) is 2.48. The van der Waals surface area contributed by atoms with Crippen molar-refractivity contribution < 1.29 is 9.47 Å². The Morgan fingerprint density at radius 3 is 2.72 bits per heavy atom. The van der Waals surface area contributed by atoms with Crippen LogP contribution in [0.25, 0.3) is 0 Å². The van der Waals surface area contributed by atoms with Crippen molar-refractivity contribution in [1.82, 2.24) is 14.8 Å². The van der Waals surface area contributed by atoms with Gasteiger partial charge >= 0.3 is 0 Å². The highest BCUT2D eigenvalue weighted by Crippen LogP contribution is 2.20. The molecule has 0 saturated heterocycles. The Morgan fingerprint density at radius 2 is 2.11 bits per heavy atom. The average Bonchev–Trinajstić information content (AvgIpc) is 2.41. The minimum absolute atomic E-state index is 0.265. The number of ether oxygens (including phenoxy) is 2. The molecule has 6 heteroatoms. The summed E-state index contributed by atoms with van der Waals surface area (Å²) in [7, 11) is 2.93. The van der Waals surface area contributed by atoms with E-state index in [4.69, 9.17) is 9.47 Å². The van der Waals surface area contributed by atoms with Crippen LogP contribution in [0.1, 0.15) is 5.69 Å². The van der Waals surface area contributed by atoms with E-state index in [1.807, 2.05) is 18.2 Å². The molecule has 0 fully saturated rings. The normalized spacial score (nSPS) is 10.1. The maximum Gasteiger partial charge on any atom is 0.274 e. The molecule has 0 amide bonds. The average molecular weight is 247 g/mol. The first-order valence-electron chi connectivity index (χ1n) is 5.34. The van der Waals surface area contributed by atoms with Crippen LogP contribution >= 0.6 is 0 Å². The molecule has 0 saturated carbocycles. The second kappa shape index (κ2) is 5.31. The Kier molecular flexibility index (Phi) is 3.57. The summed E-state index contributed by atoms with van der Waals surface area (Å²) in [5.74, 6) is 0.591. The zero-order valence-corrected chi connectivity index (χ0v) is 10.2. The molecule has 2 heterocycles. The zero-order valence-electron chi connectivity index (χ0n) is 10.2. The molecule has 0 radical (unpaired) electrons. The van der Waals surface area contributed by atoms with Crippen LogP contribution in [0.2, 0.25) is 0 Å². The lowest BCUT2D eigenvalue weighted by Crippen LogP contribution is -2.23. The van der Waals surface area contributed by atoms with E-state index >= 15 is 0 Å². The highest BCUT2D eigenvalue weighted by Gasteiger charge is 2.10. The van der Waals surface area contributed by atoms with Crippen molar-refractivity contribution in [3.8, 4) is 11.6 Å². The fourth-order valence-corrected chi connectivity index (χ4v) is 1.50. The van der Waals surface area contributed by atoms with Gasteiger partial charge in [0.2, 0.25) is 0 Å². The minimum Gasteiger partial charge on any atom is -0.491 e. The Bertz CT molecular complexity index is 581. The van der Waals surface area contributed by atoms with Crippen molar-refractivity contribution in [3.05, 3.63) is 46.5 Å². The second-order valence-electron chi connectivity index (χ2n) is 3.54. The van der Waals surface area contributed by atoms with Gasteiger partial charge in [-0.15, -0.1) is 5.10 Å². The number of aromatic nitrogens is 3. The summed E-state index contributed by atoms with van der Waals surface area (Å²) < 4.78 is 11.3. The molecule has 94 valence electrons. The van der Waals surface area contributed by atoms with E-state index in [-0.39, 0.29) is 11.4 Å². The van der Waals surface area contributed by atoms with Gasteiger partial charge in [-0.1, -0.05) is 6.07 Å². The first-order valence-corrected chi connectivity index (χ1v) is 5.34. The van der Waals surface area contributed by atoms with Gasteiger partial charge in [-0.3, -0.25) is 9.78 Å². The summed E-state index contributed by atoms with van der Waals surface area (Å²) in [6.07, 6.45) is 1.67. The summed E-state index contributed by atoms with van der Waals surface area (Å²) in [4.78, 5) is 15.9. The molecule has 0 bridgehead atoms. The molecule has 0 unspecified atom stereocenters. The van der Waals surface area contributed by atoms with Gasteiger partial charge in [-0.05, 0) is 12.1 Å². The molecule has 2 aromatic rings. The Hall–Kier alpha value is -2.37. The molecule has 0 N–H and O–H groups in total. The molecule has 0 aliphatic rings. The summed E-state index contributed by atoms with van der Waals surface area (Å²) >= 11 is 0. The van der Waals surface area contributed by atoms with Crippen molar-refractivity contribution in [1.29, 1.82) is 0 Å². The summed E-state index contributed by atoms with van der Waals surface area (Å²) in [6, 6.07) is 6.84. The van der Waals surface area contributed by atoms with Crippen LogP contribution in [0.15, 0.2) is 35.3 Å². The number of hydrogen-bond acceptors (Lipinski definition) is 5. The molecule has 0 aromatic carbocycles. The van der Waals surface area contributed by atoms with Crippen molar-refractivity contribution in [2.24, 2.45) is 0 Å². The van der Waals surface area contributed by atoms with Crippen LogP contribution < -0.4 is 15.0 Å². The van der Waals surface area contributed by atoms with Crippen LogP contribution in [0.5, 0.6) is 11.6 Å². The number of methoxy groups -OCH3 is 2. The molecule has 6 nitrogen and oxygen atoms in total. The molecule has 0 spiro atoms. The third-order valence-corrected chi connectivity index (χ3v) is 2.38. The largest absolute Gasteiger partial charge is 0.491 e. The van der Waals surface area contributed by atoms with Crippen LogP contribution in [0.3, 0.4) is 0 Å². The van der Waals surface area contributed by atoms with E-state index in [1.54, 1.807) is 6.20 Å². The topological polar surface area (TPSA) is 66.2 Å². The summed E-state index contributed by atoms with van der Waals surface area (Å²) in [5.41, 5.74) is 0.484. The molecule has 18 heavy (non-hydrogen) atoms. The second-order valence-corrected chi connectivity index (χ2v) is 3.54. The first kappa shape index (κ1) is 12.1. The Morgan fingerprint density at radius 1 is 1.28 bits per heavy atom. The lowest BCUT2D eigenvalue weighted by atomic mass is 10.3. The lowest BCUT2D eigenvalue weighted by Gasteiger charge is -2.09. The van der Waals surface area contributed by atoms with Crippen molar-refractivity contribution in [2.75, 3.05) is 14.2 Å². The standard InChI is InChI=1S/C12H13N3O3/c1-17-10-7-11(16)15(14-12(10)18-2)8-9-5-3-4-6-13-9/h3-7H,8H2,1-2H3. The predicted molar refractivity (Wildman–Crippen MR) is 64.9 cm³/mol. The molecule has 0 aliphatic heterocycles. The smallest absolute Gasteiger partial charge is 0.274 e. The van der Waals surface area contributed by atoms with Gasteiger partial charge in [-0.25, -0.2) is 4.68 Å². The summed E-state index contributed by atoms with van der Waals surface area (Å²) in [6.45, 7) is 0.292. The maximum atomic E-state index is 11.8. The minimum atomic E-state index is -0.265. The van der Waals surface area contributed by atoms with Crippen molar-refractivity contribution >= 4 is 0 Å². The molecular weight excluding hydrogens is 234 g/mol. The monoisotopic (exact) mass is 247 g/mol. The van der Waals surface area contributed by atoms with Crippen LogP contribution in [0.4, 0.5) is 0 Å². The van der Waals surface area contributed by atoms with Gasteiger partial charge in [0, 0.05) is 6.20 Å². The van der Waals surface area contributed by atoms with E-state index in [2.05, 4.69) is 10.1 Å². The predicted octanol–water partition coefficient (Wildman–Crippen LogP) is 0.704. The van der Waals surface area contributed by atoms with E-state index in [9.17, 15) is 4.79 Å². The lowest BCUT2D eigenvalue weighted by molar-refractivity contribution is 0.328. The number of rotatable bonds is 4. The SMILES string of the molecule is COc1cc(=O)n(Cc2ccccn2)nc1OC. The van der Waals surface area contributed by atoms with Crippen molar-refractivity contribution in [2.45, 2.75) is 6.54 Å². The van der Waals surface area contributed by atoms with Crippen LogP contribution in [0, 0.1) is 0 Å². The number of pyridine rings is 1. The van der Waals surface area contributed by atoms with E-state index in [0.29, 0.717) is 12.3 Å². The molecule has 0 aliphatic carbocycles. The van der Waals surface area contributed by atoms with E-state index in [0.717, 1.165) is 5.69 Å². The quantitative estimate of drug-likeness (QED) is 0.795. The van der Waals surface area contributed by atoms with Gasteiger partial charge in [0.1, 0.15) is 0 Å². The summed E-state index contributed by atoms with van der Waals surface area (Å²) in [5, 5.41) is 4.07. The van der Waals surface area contributed by atoms with Gasteiger partial charge in [0.25, 0.3) is 11.4 Å². The highest BCUT2D eigenvalue weighted by molar-refractivity contribution is 5.30. The van der Waals surface area contributed by atoms with Crippen LogP contribution in [-0.4, -0.2) is 29.0 Å². The van der Waals surface area contributed by atoms with Crippen molar-refractivity contribution in [3.63, 3.8) is 0 Å². The Labute approximate surface area is 104 Å². The fraction of sp³-hybridized carbons (Fsp3) is 0.250. The molecule has 2 rings (SSSR count). The van der Waals surface area contributed by atoms with E-state index < -0.39 is 0 Å². The van der Waals surface area contributed by atoms with Gasteiger partial charge in [-0.2, -0.15) is 0 Å². The number of hydrogen-bond donors (Lipinski definition) is 0. The maximum absolute atomic E-state index is 11.8. The molecular formula is C12H13N3O3. The van der Waals surface area contributed by atoms with Gasteiger partial charge in [0.05, 0.1) is 32.5 Å². The van der Waals surface area contributed by atoms with Gasteiger partial charge in [0.15, 0.2) is 5.75 Å². The van der Waals surface area contributed by atoms with Crippen LogP contribution in [-0.2, 0) is 6.54 Å². The highest BCUT2D eigenvalue weighted by atomic mass is 16.5. The Balaban J connectivity index is 2.37. The molecule has 2 aromatic heterocycles. The third-order valence-electron chi connectivity index (χ3n) is 2.38. The zero-order chi connectivity index (χ0) is 13.0. The molecule has 0 atom stereocenters. The fourth-order valence-electron chi connectivity index (χ4n) is 1.50. The number of nitrogens with zero attached hydrogens (tertiary/aromatic N) is 3. The van der Waals surface area contributed by atoms with Gasteiger partial charge < -0.3 is 9.47 Å². The van der Waals surface area contributed by atoms with E-state index in [1.165, 1.54) is 25.0 Å². The first-order chi connectivity index (χ1) is 8.74.